The molecule has 1 amide bonds. The van der Waals surface area contributed by atoms with Crippen molar-refractivity contribution in [2.75, 3.05) is 0 Å². The highest BCUT2D eigenvalue weighted by Crippen LogP contribution is 2.24. The summed E-state index contributed by atoms with van der Waals surface area (Å²) in [6.07, 6.45) is 0. The lowest BCUT2D eigenvalue weighted by molar-refractivity contribution is -0.122. The number of carbonyl (C=O) groups excluding carboxylic acids is 1. The summed E-state index contributed by atoms with van der Waals surface area (Å²) in [5.41, 5.74) is 1.03. The molecule has 6 nitrogen and oxygen atoms in total. The fourth-order valence-electron chi connectivity index (χ4n) is 3.13. The molecule has 136 valence electrons. The van der Waals surface area contributed by atoms with Gasteiger partial charge in [0.25, 0.3) is 0 Å². The first-order valence-electron chi connectivity index (χ1n) is 8.51. The smallest absolute Gasteiger partial charge is 0.348 e. The van der Waals surface area contributed by atoms with Gasteiger partial charge in [0.2, 0.25) is 5.91 Å². The summed E-state index contributed by atoms with van der Waals surface area (Å²) in [6.45, 7) is 1.78. The van der Waals surface area contributed by atoms with E-state index in [1.54, 1.807) is 0 Å². The molecular weight excluding hydrogens is 362 g/mol. The van der Waals surface area contributed by atoms with Crippen LogP contribution in [0.4, 0.5) is 0 Å². The van der Waals surface area contributed by atoms with E-state index < -0.39 is 5.76 Å². The highest BCUT2D eigenvalue weighted by molar-refractivity contribution is 7.13. The van der Waals surface area contributed by atoms with Crippen LogP contribution < -0.4 is 11.1 Å². The van der Waals surface area contributed by atoms with Crippen molar-refractivity contribution in [3.63, 3.8) is 0 Å². The third kappa shape index (κ3) is 3.41. The monoisotopic (exact) mass is 379 g/mol. The summed E-state index contributed by atoms with van der Waals surface area (Å²) in [5.74, 6) is -0.562. The van der Waals surface area contributed by atoms with Crippen molar-refractivity contribution in [1.82, 2.24) is 15.0 Å². The molecule has 2 aromatic carbocycles. The lowest BCUT2D eigenvalue weighted by Gasteiger charge is -2.17. The van der Waals surface area contributed by atoms with Crippen LogP contribution in [0.1, 0.15) is 18.5 Å². The zero-order chi connectivity index (χ0) is 18.8. The molecule has 0 aliphatic carbocycles. The van der Waals surface area contributed by atoms with Crippen molar-refractivity contribution in [1.29, 1.82) is 0 Å². The number of hydrogen-bond acceptors (Lipinski definition) is 5. The summed E-state index contributed by atoms with van der Waals surface area (Å²) in [6, 6.07) is 17.5. The molecule has 0 aliphatic rings. The SMILES string of the molecule is CC(NC(=O)Cn1c(-c2cccs2)noc1=O)c1cccc2ccccc12. The molecule has 4 rings (SSSR count). The van der Waals surface area contributed by atoms with Crippen LogP contribution >= 0.6 is 11.3 Å². The number of fused-ring (bicyclic) bond motifs is 1. The topological polar surface area (TPSA) is 77.1 Å². The van der Waals surface area contributed by atoms with Gasteiger partial charge in [-0.1, -0.05) is 53.7 Å². The number of amides is 1. The number of thiophene rings is 1. The predicted molar refractivity (Wildman–Crippen MR) is 105 cm³/mol. The maximum Gasteiger partial charge on any atom is 0.442 e. The number of nitrogens with zero attached hydrogens (tertiary/aromatic N) is 2. The predicted octanol–water partition coefficient (Wildman–Crippen LogP) is 3.60. The molecule has 7 heteroatoms. The van der Waals surface area contributed by atoms with Gasteiger partial charge >= 0.3 is 5.76 Å². The minimum atomic E-state index is -0.647. The van der Waals surface area contributed by atoms with Crippen LogP contribution in [0.25, 0.3) is 21.5 Å². The van der Waals surface area contributed by atoms with Crippen molar-refractivity contribution in [3.8, 4) is 10.7 Å². The first-order chi connectivity index (χ1) is 13.1. The Labute approximate surface area is 159 Å². The molecule has 2 heterocycles. The Balaban J connectivity index is 1.55. The molecule has 0 saturated heterocycles. The van der Waals surface area contributed by atoms with Gasteiger partial charge in [0, 0.05) is 0 Å². The summed E-state index contributed by atoms with van der Waals surface area (Å²) < 4.78 is 6.00. The van der Waals surface area contributed by atoms with E-state index in [2.05, 4.69) is 10.5 Å². The van der Waals surface area contributed by atoms with Crippen molar-refractivity contribution in [3.05, 3.63) is 76.1 Å². The van der Waals surface area contributed by atoms with Gasteiger partial charge in [-0.05, 0) is 34.7 Å². The molecule has 1 atom stereocenters. The number of rotatable bonds is 5. The Bertz CT molecular complexity index is 1140. The highest BCUT2D eigenvalue weighted by Gasteiger charge is 2.18. The lowest BCUT2D eigenvalue weighted by atomic mass is 10.00. The van der Waals surface area contributed by atoms with Gasteiger partial charge in [-0.2, -0.15) is 0 Å². The van der Waals surface area contributed by atoms with E-state index in [4.69, 9.17) is 4.52 Å². The number of hydrogen-bond donors (Lipinski definition) is 1. The third-order valence-electron chi connectivity index (χ3n) is 4.40. The zero-order valence-electron chi connectivity index (χ0n) is 14.6. The number of aromatic nitrogens is 2. The summed E-state index contributed by atoms with van der Waals surface area (Å²) in [5, 5.41) is 10.8. The fraction of sp³-hybridized carbons (Fsp3) is 0.150. The average Bonchev–Trinajstić information content (AvgIpc) is 3.32. The molecule has 4 aromatic rings. The molecule has 0 saturated carbocycles. The number of benzene rings is 2. The van der Waals surface area contributed by atoms with Gasteiger partial charge in [0.15, 0.2) is 5.82 Å². The Hall–Kier alpha value is -3.19. The second kappa shape index (κ2) is 7.20. The molecule has 1 unspecified atom stereocenters. The second-order valence-corrected chi connectivity index (χ2v) is 7.14. The van der Waals surface area contributed by atoms with E-state index in [1.807, 2.05) is 66.9 Å². The van der Waals surface area contributed by atoms with Crippen LogP contribution in [0.2, 0.25) is 0 Å². The minimum absolute atomic E-state index is 0.148. The summed E-state index contributed by atoms with van der Waals surface area (Å²) in [7, 11) is 0. The molecule has 0 fully saturated rings. The van der Waals surface area contributed by atoms with Crippen LogP contribution in [0.15, 0.2) is 69.3 Å². The minimum Gasteiger partial charge on any atom is -0.348 e. The molecule has 0 aliphatic heterocycles. The van der Waals surface area contributed by atoms with Crippen LogP contribution in [0.3, 0.4) is 0 Å². The Morgan fingerprint density at radius 2 is 2.00 bits per heavy atom. The van der Waals surface area contributed by atoms with Gasteiger partial charge in [0.1, 0.15) is 6.54 Å². The summed E-state index contributed by atoms with van der Waals surface area (Å²) >= 11 is 1.43. The normalized spacial score (nSPS) is 12.2. The van der Waals surface area contributed by atoms with E-state index in [-0.39, 0.29) is 18.5 Å². The van der Waals surface area contributed by atoms with Crippen molar-refractivity contribution < 1.29 is 9.32 Å². The van der Waals surface area contributed by atoms with Gasteiger partial charge < -0.3 is 5.32 Å². The Morgan fingerprint density at radius 1 is 1.19 bits per heavy atom. The lowest BCUT2D eigenvalue weighted by Crippen LogP contribution is -2.33. The number of nitrogens with one attached hydrogen (secondary N) is 1. The van der Waals surface area contributed by atoms with Crippen LogP contribution in [0, 0.1) is 0 Å². The quantitative estimate of drug-likeness (QED) is 0.575. The molecule has 0 bridgehead atoms. The third-order valence-corrected chi connectivity index (χ3v) is 5.26. The van der Waals surface area contributed by atoms with Crippen LogP contribution in [-0.4, -0.2) is 15.6 Å². The van der Waals surface area contributed by atoms with E-state index in [0.29, 0.717) is 5.82 Å². The van der Waals surface area contributed by atoms with Gasteiger partial charge in [-0.3, -0.25) is 9.32 Å². The molecule has 0 radical (unpaired) electrons. The Kier molecular flexibility index (Phi) is 4.60. The van der Waals surface area contributed by atoms with Crippen molar-refractivity contribution >= 4 is 28.0 Å². The fourth-order valence-corrected chi connectivity index (χ4v) is 3.84. The largest absolute Gasteiger partial charge is 0.442 e. The average molecular weight is 379 g/mol. The molecule has 0 spiro atoms. The first-order valence-corrected chi connectivity index (χ1v) is 9.39. The van der Waals surface area contributed by atoms with Crippen molar-refractivity contribution in [2.24, 2.45) is 0 Å². The van der Waals surface area contributed by atoms with E-state index >= 15 is 0 Å². The van der Waals surface area contributed by atoms with Crippen LogP contribution in [-0.2, 0) is 11.3 Å². The zero-order valence-corrected chi connectivity index (χ0v) is 15.4. The molecule has 2 aromatic heterocycles. The molecule has 27 heavy (non-hydrogen) atoms. The maximum atomic E-state index is 12.6. The highest BCUT2D eigenvalue weighted by atomic mass is 32.1. The second-order valence-electron chi connectivity index (χ2n) is 6.19. The molecule has 1 N–H and O–H groups in total. The van der Waals surface area contributed by atoms with E-state index in [1.165, 1.54) is 15.9 Å². The maximum absolute atomic E-state index is 12.6. The number of carbonyl (C=O) groups is 1. The molecular formula is C20H17N3O3S. The van der Waals surface area contributed by atoms with Gasteiger partial charge in [-0.25, -0.2) is 9.36 Å². The van der Waals surface area contributed by atoms with E-state index in [0.717, 1.165) is 21.2 Å². The van der Waals surface area contributed by atoms with Gasteiger partial charge in [-0.15, -0.1) is 11.3 Å². The standard InChI is InChI=1S/C20H17N3O3S/c1-13(15-9-4-7-14-6-2-3-8-16(14)15)21-18(24)12-23-19(22-26-20(23)25)17-10-5-11-27-17/h2-11,13H,12H2,1H3,(H,21,24). The summed E-state index contributed by atoms with van der Waals surface area (Å²) in [4.78, 5) is 25.3. The first kappa shape index (κ1) is 17.2. The van der Waals surface area contributed by atoms with Crippen LogP contribution in [0.5, 0.6) is 0 Å². The van der Waals surface area contributed by atoms with Gasteiger partial charge in [0.05, 0.1) is 10.9 Å². The van der Waals surface area contributed by atoms with Crippen molar-refractivity contribution in [2.45, 2.75) is 19.5 Å². The Morgan fingerprint density at radius 3 is 2.81 bits per heavy atom. The van der Waals surface area contributed by atoms with E-state index in [9.17, 15) is 9.59 Å².